The largest absolute Gasteiger partial charge is 0.486 e. The molecule has 0 saturated heterocycles. The first kappa shape index (κ1) is 20.8. The number of carbonyl (C=O) groups excluding carboxylic acids is 2. The standard InChI is InChI=1S/C25H22N2O3/c1-17(28)20-8-10-21(11-9-20)18(2)30-24-5-3-4-22(16-24)25(29)27-23-12-6-19(7-13-23)14-15-26/h3-13,16,18H,14H2,1-2H3,(H,27,29). The van der Waals surface area contributed by atoms with Crippen LogP contribution in [-0.2, 0) is 6.42 Å². The second kappa shape index (κ2) is 9.53. The van der Waals surface area contributed by atoms with Crippen molar-refractivity contribution in [2.24, 2.45) is 0 Å². The van der Waals surface area contributed by atoms with Gasteiger partial charge in [-0.25, -0.2) is 0 Å². The van der Waals surface area contributed by atoms with Gasteiger partial charge in [0.05, 0.1) is 12.5 Å². The topological polar surface area (TPSA) is 79.2 Å². The highest BCUT2D eigenvalue weighted by molar-refractivity contribution is 6.04. The highest BCUT2D eigenvalue weighted by Gasteiger charge is 2.11. The summed E-state index contributed by atoms with van der Waals surface area (Å²) in [6, 6.07) is 23.6. The fourth-order valence-corrected chi connectivity index (χ4v) is 2.97. The van der Waals surface area contributed by atoms with Crippen LogP contribution >= 0.6 is 0 Å². The lowest BCUT2D eigenvalue weighted by atomic mass is 10.1. The number of hydrogen-bond donors (Lipinski definition) is 1. The summed E-state index contributed by atoms with van der Waals surface area (Å²) in [5.74, 6) is 0.357. The Labute approximate surface area is 175 Å². The van der Waals surface area contributed by atoms with Crippen LogP contribution in [0.25, 0.3) is 0 Å². The lowest BCUT2D eigenvalue weighted by Gasteiger charge is -2.16. The highest BCUT2D eigenvalue weighted by Crippen LogP contribution is 2.23. The molecule has 1 unspecified atom stereocenters. The molecular weight excluding hydrogens is 376 g/mol. The molecule has 0 aliphatic rings. The number of nitriles is 1. The smallest absolute Gasteiger partial charge is 0.255 e. The van der Waals surface area contributed by atoms with Gasteiger partial charge in [-0.2, -0.15) is 5.26 Å². The lowest BCUT2D eigenvalue weighted by molar-refractivity contribution is 0.101. The van der Waals surface area contributed by atoms with Crippen LogP contribution in [0.1, 0.15) is 51.8 Å². The SMILES string of the molecule is CC(=O)c1ccc(C(C)Oc2cccc(C(=O)Nc3ccc(CC#N)cc3)c2)cc1. The van der Waals surface area contributed by atoms with E-state index in [0.717, 1.165) is 11.1 Å². The quantitative estimate of drug-likeness (QED) is 0.544. The number of amides is 1. The molecule has 0 aliphatic carbocycles. The molecule has 1 N–H and O–H groups in total. The van der Waals surface area contributed by atoms with Gasteiger partial charge in [0.2, 0.25) is 0 Å². The summed E-state index contributed by atoms with van der Waals surface area (Å²) in [5, 5.41) is 11.6. The molecular formula is C25H22N2O3. The zero-order valence-electron chi connectivity index (χ0n) is 16.9. The van der Waals surface area contributed by atoms with Crippen LogP contribution < -0.4 is 10.1 Å². The van der Waals surface area contributed by atoms with Crippen molar-refractivity contribution >= 4 is 17.4 Å². The molecule has 0 aliphatic heterocycles. The van der Waals surface area contributed by atoms with Crippen LogP contribution in [0.2, 0.25) is 0 Å². The van der Waals surface area contributed by atoms with Crippen LogP contribution in [0.5, 0.6) is 5.75 Å². The Balaban J connectivity index is 1.66. The second-order valence-corrected chi connectivity index (χ2v) is 6.95. The number of carbonyl (C=O) groups is 2. The van der Waals surface area contributed by atoms with Crippen molar-refractivity contribution in [3.05, 3.63) is 95.1 Å². The van der Waals surface area contributed by atoms with Gasteiger partial charge >= 0.3 is 0 Å². The molecule has 1 amide bonds. The average molecular weight is 398 g/mol. The molecule has 0 aromatic heterocycles. The van der Waals surface area contributed by atoms with Crippen molar-refractivity contribution < 1.29 is 14.3 Å². The summed E-state index contributed by atoms with van der Waals surface area (Å²) >= 11 is 0. The number of nitrogens with one attached hydrogen (secondary N) is 1. The molecule has 0 fully saturated rings. The number of ketones is 1. The van der Waals surface area contributed by atoms with Crippen molar-refractivity contribution in [2.45, 2.75) is 26.4 Å². The van der Waals surface area contributed by atoms with Crippen LogP contribution in [0.3, 0.4) is 0 Å². The van der Waals surface area contributed by atoms with Crippen LogP contribution in [0.15, 0.2) is 72.8 Å². The first-order chi connectivity index (χ1) is 14.5. The number of nitrogens with zero attached hydrogens (tertiary/aromatic N) is 1. The Morgan fingerprint density at radius 3 is 2.33 bits per heavy atom. The summed E-state index contributed by atoms with van der Waals surface area (Å²) in [6.45, 7) is 3.45. The Bertz CT molecular complexity index is 1080. The van der Waals surface area contributed by atoms with E-state index in [1.54, 1.807) is 48.5 Å². The Morgan fingerprint density at radius 1 is 1.00 bits per heavy atom. The van der Waals surface area contributed by atoms with E-state index < -0.39 is 0 Å². The third kappa shape index (κ3) is 5.33. The fourth-order valence-electron chi connectivity index (χ4n) is 2.97. The number of hydrogen-bond acceptors (Lipinski definition) is 4. The monoisotopic (exact) mass is 398 g/mol. The van der Waals surface area contributed by atoms with Crippen LogP contribution in [-0.4, -0.2) is 11.7 Å². The maximum absolute atomic E-state index is 12.6. The van der Waals surface area contributed by atoms with E-state index in [4.69, 9.17) is 10.00 Å². The summed E-state index contributed by atoms with van der Waals surface area (Å²) in [5.41, 5.74) is 3.63. The van der Waals surface area contributed by atoms with Gasteiger partial charge in [0.25, 0.3) is 5.91 Å². The van der Waals surface area contributed by atoms with Crippen molar-refractivity contribution in [1.82, 2.24) is 0 Å². The summed E-state index contributed by atoms with van der Waals surface area (Å²) in [4.78, 5) is 24.0. The second-order valence-electron chi connectivity index (χ2n) is 6.95. The molecule has 0 spiro atoms. The molecule has 5 nitrogen and oxygen atoms in total. The third-order valence-corrected chi connectivity index (χ3v) is 4.69. The minimum atomic E-state index is -0.244. The number of benzene rings is 3. The highest BCUT2D eigenvalue weighted by atomic mass is 16.5. The van der Waals surface area contributed by atoms with E-state index in [0.29, 0.717) is 29.0 Å². The van der Waals surface area contributed by atoms with Gasteiger partial charge in [0.1, 0.15) is 11.9 Å². The van der Waals surface area contributed by atoms with Crippen molar-refractivity contribution in [3.63, 3.8) is 0 Å². The van der Waals surface area contributed by atoms with Crippen LogP contribution in [0.4, 0.5) is 5.69 Å². The summed E-state index contributed by atoms with van der Waals surface area (Å²) < 4.78 is 5.99. The fraction of sp³-hybridized carbons (Fsp3) is 0.160. The van der Waals surface area contributed by atoms with Crippen molar-refractivity contribution in [2.75, 3.05) is 5.32 Å². The molecule has 3 aromatic carbocycles. The minimum absolute atomic E-state index is 0.0218. The zero-order valence-corrected chi connectivity index (χ0v) is 16.9. The molecule has 0 bridgehead atoms. The molecule has 0 saturated carbocycles. The van der Waals surface area contributed by atoms with E-state index in [-0.39, 0.29) is 17.8 Å². The Morgan fingerprint density at radius 2 is 1.70 bits per heavy atom. The first-order valence-electron chi connectivity index (χ1n) is 9.61. The summed E-state index contributed by atoms with van der Waals surface area (Å²) in [6.07, 6.45) is 0.0977. The van der Waals surface area contributed by atoms with Gasteiger partial charge in [-0.3, -0.25) is 9.59 Å². The Kier molecular flexibility index (Phi) is 6.61. The predicted molar refractivity (Wildman–Crippen MR) is 116 cm³/mol. The molecule has 3 aromatic rings. The van der Waals surface area contributed by atoms with E-state index in [1.807, 2.05) is 31.2 Å². The molecule has 0 heterocycles. The van der Waals surface area contributed by atoms with Gasteiger partial charge < -0.3 is 10.1 Å². The maximum atomic E-state index is 12.6. The van der Waals surface area contributed by atoms with E-state index in [1.165, 1.54) is 6.92 Å². The molecule has 3 rings (SSSR count). The number of Topliss-reactive ketones (excluding diaryl/α,β-unsaturated/α-hetero) is 1. The number of anilines is 1. The molecule has 30 heavy (non-hydrogen) atoms. The Hall–Kier alpha value is -3.91. The van der Waals surface area contributed by atoms with E-state index in [2.05, 4.69) is 11.4 Å². The zero-order chi connectivity index (χ0) is 21.5. The molecule has 0 radical (unpaired) electrons. The van der Waals surface area contributed by atoms with Gasteiger partial charge in [-0.1, -0.05) is 42.5 Å². The molecule has 1 atom stereocenters. The van der Waals surface area contributed by atoms with Crippen molar-refractivity contribution in [3.8, 4) is 11.8 Å². The van der Waals surface area contributed by atoms with Gasteiger partial charge in [-0.15, -0.1) is 0 Å². The number of rotatable bonds is 7. The van der Waals surface area contributed by atoms with E-state index in [9.17, 15) is 9.59 Å². The third-order valence-electron chi connectivity index (χ3n) is 4.69. The predicted octanol–water partition coefficient (Wildman–Crippen LogP) is 5.35. The maximum Gasteiger partial charge on any atom is 0.255 e. The normalized spacial score (nSPS) is 11.2. The molecule has 5 heteroatoms. The lowest BCUT2D eigenvalue weighted by Crippen LogP contribution is -2.12. The van der Waals surface area contributed by atoms with Gasteiger partial charge in [0, 0.05) is 16.8 Å². The van der Waals surface area contributed by atoms with Gasteiger partial charge in [-0.05, 0) is 55.3 Å². The summed E-state index contributed by atoms with van der Waals surface area (Å²) in [7, 11) is 0. The average Bonchev–Trinajstić information content (AvgIpc) is 2.75. The number of ether oxygens (including phenoxy) is 1. The first-order valence-corrected chi connectivity index (χ1v) is 9.61. The minimum Gasteiger partial charge on any atom is -0.486 e. The molecule has 150 valence electrons. The van der Waals surface area contributed by atoms with Crippen molar-refractivity contribution in [1.29, 1.82) is 5.26 Å². The van der Waals surface area contributed by atoms with E-state index >= 15 is 0 Å². The van der Waals surface area contributed by atoms with Crippen LogP contribution in [0, 0.1) is 11.3 Å². The van der Waals surface area contributed by atoms with Gasteiger partial charge in [0.15, 0.2) is 5.78 Å².